The van der Waals surface area contributed by atoms with Crippen LogP contribution in [0.1, 0.15) is 72.4 Å². The van der Waals surface area contributed by atoms with Gasteiger partial charge in [0, 0.05) is 23.8 Å². The van der Waals surface area contributed by atoms with Crippen LogP contribution in [0.2, 0.25) is 0 Å². The van der Waals surface area contributed by atoms with Crippen molar-refractivity contribution in [3.05, 3.63) is 47.3 Å². The second-order valence-corrected chi connectivity index (χ2v) is 8.03. The minimum Gasteiger partial charge on any atom is -0.364 e. The van der Waals surface area contributed by atoms with Crippen molar-refractivity contribution in [1.29, 1.82) is 0 Å². The van der Waals surface area contributed by atoms with Gasteiger partial charge in [0.25, 0.3) is 11.8 Å². The summed E-state index contributed by atoms with van der Waals surface area (Å²) in [6.07, 6.45) is 5.78. The second-order valence-electron chi connectivity index (χ2n) is 8.03. The Bertz CT molecular complexity index is 1000. The Morgan fingerprint density at radius 3 is 2.59 bits per heavy atom. The van der Waals surface area contributed by atoms with E-state index in [0.717, 1.165) is 31.2 Å². The number of aryl methyl sites for hydroxylation is 1. The molecule has 1 atom stereocenters. The summed E-state index contributed by atoms with van der Waals surface area (Å²) in [5.74, 6) is -0.210. The number of nitrogens with two attached hydrogens (primary N) is 1. The summed E-state index contributed by atoms with van der Waals surface area (Å²) in [5.41, 5.74) is 6.68. The van der Waals surface area contributed by atoms with Gasteiger partial charge >= 0.3 is 6.03 Å². The lowest BCUT2D eigenvalue weighted by atomic mass is 10.1. The molecule has 32 heavy (non-hydrogen) atoms. The number of rotatable bonds is 9. The van der Waals surface area contributed by atoms with Crippen LogP contribution in [0.5, 0.6) is 0 Å². The summed E-state index contributed by atoms with van der Waals surface area (Å²) >= 11 is 0. The third-order valence-electron chi connectivity index (χ3n) is 5.40. The van der Waals surface area contributed by atoms with Gasteiger partial charge in [-0.2, -0.15) is 0 Å². The minimum absolute atomic E-state index is 0.0895. The van der Waals surface area contributed by atoms with E-state index in [4.69, 9.17) is 5.73 Å². The third-order valence-corrected chi connectivity index (χ3v) is 5.40. The molecule has 2 aromatic rings. The second kappa shape index (κ2) is 10.2. The summed E-state index contributed by atoms with van der Waals surface area (Å²) in [5, 5.41) is 5.72. The van der Waals surface area contributed by atoms with Crippen molar-refractivity contribution in [3.63, 3.8) is 0 Å². The average Bonchev–Trinajstić information content (AvgIpc) is 3.58. The molecule has 0 aliphatic heterocycles. The molecule has 170 valence electrons. The molecule has 1 fully saturated rings. The van der Waals surface area contributed by atoms with E-state index in [-0.39, 0.29) is 29.5 Å². The highest BCUT2D eigenvalue weighted by Gasteiger charge is 2.28. The van der Waals surface area contributed by atoms with Crippen molar-refractivity contribution >= 4 is 29.5 Å². The fourth-order valence-corrected chi connectivity index (χ4v) is 3.49. The fraction of sp³-hybridized carbons (Fsp3) is 0.435. The number of aromatic nitrogens is 2. The van der Waals surface area contributed by atoms with E-state index in [1.165, 1.54) is 6.20 Å². The van der Waals surface area contributed by atoms with Gasteiger partial charge in [-0.1, -0.05) is 26.3 Å². The van der Waals surface area contributed by atoms with Crippen LogP contribution in [0, 0.1) is 6.92 Å². The van der Waals surface area contributed by atoms with Gasteiger partial charge in [0.2, 0.25) is 0 Å². The first-order valence-corrected chi connectivity index (χ1v) is 11.0. The van der Waals surface area contributed by atoms with Crippen LogP contribution in [-0.2, 0) is 0 Å². The molecule has 1 unspecified atom stereocenters. The van der Waals surface area contributed by atoms with Crippen molar-refractivity contribution in [2.24, 2.45) is 5.73 Å². The van der Waals surface area contributed by atoms with Crippen LogP contribution < -0.4 is 21.3 Å². The number of amides is 4. The molecule has 1 aliphatic rings. The number of nitrogens with one attached hydrogen (secondary N) is 2. The summed E-state index contributed by atoms with van der Waals surface area (Å²) in [6.45, 7) is 5.87. The normalized spacial score (nSPS) is 13.8. The highest BCUT2D eigenvalue weighted by atomic mass is 16.2. The van der Waals surface area contributed by atoms with Crippen molar-refractivity contribution in [2.45, 2.75) is 65.0 Å². The molecule has 1 saturated carbocycles. The predicted octanol–water partition coefficient (Wildman–Crippen LogP) is 3.39. The molecule has 4 N–H and O–H groups in total. The van der Waals surface area contributed by atoms with E-state index in [2.05, 4.69) is 20.6 Å². The molecule has 0 spiro atoms. The number of carbonyl (C=O) groups excluding carboxylic acids is 3. The first-order valence-electron chi connectivity index (χ1n) is 11.0. The van der Waals surface area contributed by atoms with E-state index in [1.807, 2.05) is 20.8 Å². The van der Waals surface area contributed by atoms with Gasteiger partial charge in [0.15, 0.2) is 0 Å². The van der Waals surface area contributed by atoms with Crippen molar-refractivity contribution < 1.29 is 14.4 Å². The van der Waals surface area contributed by atoms with Crippen molar-refractivity contribution in [2.75, 3.05) is 10.2 Å². The summed E-state index contributed by atoms with van der Waals surface area (Å²) < 4.78 is 0. The van der Waals surface area contributed by atoms with Gasteiger partial charge in [0.1, 0.15) is 17.3 Å². The number of anilines is 2. The Balaban J connectivity index is 1.90. The maximum atomic E-state index is 13.4. The number of carbonyl (C=O) groups is 3. The number of pyridine rings is 2. The lowest BCUT2D eigenvalue weighted by molar-refractivity contribution is 0.0949. The lowest BCUT2D eigenvalue weighted by Gasteiger charge is -2.31. The molecule has 3 rings (SSSR count). The molecule has 0 radical (unpaired) electrons. The molecule has 9 heteroatoms. The van der Waals surface area contributed by atoms with Gasteiger partial charge in [-0.05, 0) is 56.4 Å². The van der Waals surface area contributed by atoms with Gasteiger partial charge in [0.05, 0.1) is 0 Å². The van der Waals surface area contributed by atoms with Gasteiger partial charge in [-0.15, -0.1) is 0 Å². The van der Waals surface area contributed by atoms with Crippen molar-refractivity contribution in [3.8, 4) is 0 Å². The average molecular weight is 439 g/mol. The molecule has 2 heterocycles. The summed E-state index contributed by atoms with van der Waals surface area (Å²) in [7, 11) is 0. The number of hydrogen-bond acceptors (Lipinski definition) is 5. The summed E-state index contributed by atoms with van der Waals surface area (Å²) in [4.78, 5) is 47.6. The largest absolute Gasteiger partial charge is 0.364 e. The van der Waals surface area contributed by atoms with E-state index in [1.54, 1.807) is 29.2 Å². The van der Waals surface area contributed by atoms with Gasteiger partial charge in [-0.3, -0.25) is 19.8 Å². The first-order chi connectivity index (χ1) is 15.3. The third kappa shape index (κ3) is 5.60. The monoisotopic (exact) mass is 438 g/mol. The molecular weight excluding hydrogens is 408 g/mol. The molecular formula is C23H30N6O3. The molecule has 0 aromatic carbocycles. The zero-order chi connectivity index (χ0) is 23.3. The molecule has 4 amide bonds. The lowest BCUT2D eigenvalue weighted by Crippen LogP contribution is -2.44. The quantitative estimate of drug-likeness (QED) is 0.552. The van der Waals surface area contributed by atoms with Crippen LogP contribution in [0.25, 0.3) is 0 Å². The van der Waals surface area contributed by atoms with E-state index < -0.39 is 11.9 Å². The Morgan fingerprint density at radius 2 is 1.97 bits per heavy atom. The number of nitrogens with zero attached hydrogens (tertiary/aromatic N) is 3. The van der Waals surface area contributed by atoms with Gasteiger partial charge < -0.3 is 11.1 Å². The zero-order valence-corrected chi connectivity index (χ0v) is 18.7. The standard InChI is InChI=1S/C23H30N6O3/c1-4-6-17(5-2)29(21-14(3)7-10-18(27-21)20(24)30)23(32)28-19-13-15(11-12-25-19)22(31)26-16-8-9-16/h7,10-13,16-17H,4-6,8-9H2,1-3H3,(H2,24,30)(H,26,31)(H,25,28,32). The Kier molecular flexibility index (Phi) is 7.40. The number of urea groups is 1. The minimum atomic E-state index is -0.661. The van der Waals surface area contributed by atoms with Crippen LogP contribution >= 0.6 is 0 Å². The fourth-order valence-electron chi connectivity index (χ4n) is 3.49. The summed E-state index contributed by atoms with van der Waals surface area (Å²) in [6, 6.07) is 6.08. The Hall–Kier alpha value is -3.49. The predicted molar refractivity (Wildman–Crippen MR) is 123 cm³/mol. The van der Waals surface area contributed by atoms with Crippen LogP contribution in [0.3, 0.4) is 0 Å². The molecule has 9 nitrogen and oxygen atoms in total. The highest BCUT2D eigenvalue weighted by Crippen LogP contribution is 2.25. The molecule has 2 aromatic heterocycles. The van der Waals surface area contributed by atoms with E-state index in [0.29, 0.717) is 17.8 Å². The van der Waals surface area contributed by atoms with E-state index >= 15 is 0 Å². The Labute approximate surface area is 187 Å². The van der Waals surface area contributed by atoms with Gasteiger partial charge in [-0.25, -0.2) is 14.8 Å². The molecule has 0 bridgehead atoms. The van der Waals surface area contributed by atoms with E-state index in [9.17, 15) is 14.4 Å². The van der Waals surface area contributed by atoms with Crippen molar-refractivity contribution in [1.82, 2.24) is 15.3 Å². The SMILES string of the molecule is CCCC(CC)N(C(=O)Nc1cc(C(=O)NC2CC2)ccn1)c1nc(C(N)=O)ccc1C. The number of primary amides is 1. The maximum Gasteiger partial charge on any atom is 0.328 e. The highest BCUT2D eigenvalue weighted by molar-refractivity contribution is 6.03. The number of hydrogen-bond donors (Lipinski definition) is 3. The zero-order valence-electron chi connectivity index (χ0n) is 18.7. The molecule has 0 saturated heterocycles. The molecule has 1 aliphatic carbocycles. The van der Waals surface area contributed by atoms with Crippen LogP contribution in [0.4, 0.5) is 16.4 Å². The van der Waals surface area contributed by atoms with Crippen LogP contribution in [-0.4, -0.2) is 39.9 Å². The topological polar surface area (TPSA) is 130 Å². The first kappa shape index (κ1) is 23.2. The maximum absolute atomic E-state index is 13.4. The smallest absolute Gasteiger partial charge is 0.328 e. The Morgan fingerprint density at radius 1 is 1.22 bits per heavy atom. The van der Waals surface area contributed by atoms with Crippen LogP contribution in [0.15, 0.2) is 30.5 Å².